The summed E-state index contributed by atoms with van der Waals surface area (Å²) in [6.45, 7) is 6.24. The van der Waals surface area contributed by atoms with E-state index in [0.717, 1.165) is 18.0 Å². The van der Waals surface area contributed by atoms with E-state index in [1.165, 1.54) is 21.9 Å². The molecule has 0 unspecified atom stereocenters. The molecule has 2 aromatic heterocycles. The highest BCUT2D eigenvalue weighted by molar-refractivity contribution is 7.13. The molecule has 1 saturated heterocycles. The summed E-state index contributed by atoms with van der Waals surface area (Å²) in [5.74, 6) is -0.0870. The van der Waals surface area contributed by atoms with Crippen LogP contribution in [-0.2, 0) is 10.3 Å². The van der Waals surface area contributed by atoms with Crippen molar-refractivity contribution in [1.29, 1.82) is 0 Å². The van der Waals surface area contributed by atoms with Gasteiger partial charge in [-0.2, -0.15) is 5.10 Å². The van der Waals surface area contributed by atoms with Gasteiger partial charge in [0.15, 0.2) is 0 Å². The summed E-state index contributed by atoms with van der Waals surface area (Å²) in [6, 6.07) is 28.3. The van der Waals surface area contributed by atoms with Crippen molar-refractivity contribution in [1.82, 2.24) is 19.6 Å². The van der Waals surface area contributed by atoms with Crippen LogP contribution < -0.4 is 5.56 Å². The highest BCUT2D eigenvalue weighted by atomic mass is 32.1. The standard InChI is InChI=1S/C29H30N4O2S/c1-29(2,33-26(34)16-15-24(30-33)25-14-9-21-36-25)28(35)32-19-17-31(18-20-32)27(22-10-5-3-6-11-22)23-12-7-4-8-13-23/h3-16,21,27H,17-20H2,1-2H3. The number of hydrogen-bond donors (Lipinski definition) is 0. The van der Waals surface area contributed by atoms with Crippen LogP contribution in [0.15, 0.2) is 95.1 Å². The van der Waals surface area contributed by atoms with E-state index in [2.05, 4.69) is 58.5 Å². The summed E-state index contributed by atoms with van der Waals surface area (Å²) >= 11 is 1.56. The maximum absolute atomic E-state index is 13.7. The average molecular weight is 499 g/mol. The zero-order valence-corrected chi connectivity index (χ0v) is 21.4. The second-order valence-corrected chi connectivity index (χ2v) is 10.5. The highest BCUT2D eigenvalue weighted by Gasteiger charge is 2.38. The van der Waals surface area contributed by atoms with Crippen molar-refractivity contribution in [2.24, 2.45) is 0 Å². The second kappa shape index (κ2) is 10.2. The third-order valence-electron chi connectivity index (χ3n) is 6.82. The van der Waals surface area contributed by atoms with Crippen molar-refractivity contribution >= 4 is 17.2 Å². The molecular formula is C29H30N4O2S. The molecular weight excluding hydrogens is 468 g/mol. The zero-order valence-electron chi connectivity index (χ0n) is 20.6. The molecule has 2 aromatic carbocycles. The van der Waals surface area contributed by atoms with Gasteiger partial charge in [-0.1, -0.05) is 66.7 Å². The second-order valence-electron chi connectivity index (χ2n) is 9.56. The van der Waals surface area contributed by atoms with E-state index in [9.17, 15) is 9.59 Å². The lowest BCUT2D eigenvalue weighted by Gasteiger charge is -2.42. The van der Waals surface area contributed by atoms with Crippen molar-refractivity contribution in [3.63, 3.8) is 0 Å². The van der Waals surface area contributed by atoms with E-state index in [1.807, 2.05) is 34.5 Å². The molecule has 0 radical (unpaired) electrons. The molecule has 7 heteroatoms. The Labute approximate surface area is 215 Å². The van der Waals surface area contributed by atoms with Crippen LogP contribution in [0.3, 0.4) is 0 Å². The van der Waals surface area contributed by atoms with Crippen molar-refractivity contribution in [3.8, 4) is 10.6 Å². The van der Waals surface area contributed by atoms with Crippen molar-refractivity contribution < 1.29 is 4.79 Å². The first-order valence-electron chi connectivity index (χ1n) is 12.2. The van der Waals surface area contributed by atoms with Crippen LogP contribution in [0.5, 0.6) is 0 Å². The molecule has 1 aliphatic heterocycles. The Hall–Kier alpha value is -3.55. The molecule has 184 valence electrons. The van der Waals surface area contributed by atoms with E-state index in [-0.39, 0.29) is 17.5 Å². The number of carbonyl (C=O) groups excluding carboxylic acids is 1. The first kappa shape index (κ1) is 24.2. The monoisotopic (exact) mass is 498 g/mol. The minimum atomic E-state index is -1.09. The summed E-state index contributed by atoms with van der Waals surface area (Å²) < 4.78 is 1.34. The topological polar surface area (TPSA) is 58.4 Å². The Morgan fingerprint density at radius 2 is 1.44 bits per heavy atom. The predicted octanol–water partition coefficient (Wildman–Crippen LogP) is 4.64. The third kappa shape index (κ3) is 4.76. The van der Waals surface area contributed by atoms with Gasteiger partial charge in [0.1, 0.15) is 11.2 Å². The van der Waals surface area contributed by atoms with Gasteiger partial charge in [-0.3, -0.25) is 14.5 Å². The van der Waals surface area contributed by atoms with Gasteiger partial charge in [-0.15, -0.1) is 11.3 Å². The molecule has 0 atom stereocenters. The lowest BCUT2D eigenvalue weighted by atomic mass is 9.96. The fourth-order valence-corrected chi connectivity index (χ4v) is 5.60. The van der Waals surface area contributed by atoms with E-state index >= 15 is 0 Å². The fraction of sp³-hybridized carbons (Fsp3) is 0.276. The first-order valence-corrected chi connectivity index (χ1v) is 13.1. The molecule has 0 N–H and O–H groups in total. The van der Waals surface area contributed by atoms with E-state index in [4.69, 9.17) is 0 Å². The average Bonchev–Trinajstić information content (AvgIpc) is 3.45. The molecule has 0 saturated carbocycles. The van der Waals surface area contributed by atoms with Crippen LogP contribution in [0.1, 0.15) is 31.0 Å². The van der Waals surface area contributed by atoms with Gasteiger partial charge in [0.2, 0.25) is 5.91 Å². The minimum absolute atomic E-state index is 0.0870. The number of nitrogens with zero attached hydrogens (tertiary/aromatic N) is 4. The number of rotatable bonds is 6. The minimum Gasteiger partial charge on any atom is -0.338 e. The van der Waals surface area contributed by atoms with Crippen LogP contribution >= 0.6 is 11.3 Å². The Morgan fingerprint density at radius 3 is 2.00 bits per heavy atom. The molecule has 1 amide bonds. The smallest absolute Gasteiger partial charge is 0.267 e. The fourth-order valence-electron chi connectivity index (χ4n) is 4.91. The molecule has 6 nitrogen and oxygen atoms in total. The summed E-state index contributed by atoms with van der Waals surface area (Å²) in [6.07, 6.45) is 0. The number of benzene rings is 2. The van der Waals surface area contributed by atoms with Gasteiger partial charge < -0.3 is 4.90 Å². The van der Waals surface area contributed by atoms with E-state index in [1.54, 1.807) is 31.3 Å². The number of aromatic nitrogens is 2. The summed E-state index contributed by atoms with van der Waals surface area (Å²) in [7, 11) is 0. The van der Waals surface area contributed by atoms with Crippen LogP contribution in [-0.4, -0.2) is 51.7 Å². The molecule has 36 heavy (non-hydrogen) atoms. The Bertz CT molecular complexity index is 1320. The first-order chi connectivity index (χ1) is 17.4. The van der Waals surface area contributed by atoms with Crippen molar-refractivity contribution in [2.75, 3.05) is 26.2 Å². The normalized spacial score (nSPS) is 14.8. The van der Waals surface area contributed by atoms with Crippen LogP contribution in [0, 0.1) is 0 Å². The number of carbonyl (C=O) groups is 1. The van der Waals surface area contributed by atoms with E-state index in [0.29, 0.717) is 18.8 Å². The lowest BCUT2D eigenvalue weighted by molar-refractivity contribution is -0.142. The summed E-state index contributed by atoms with van der Waals surface area (Å²) in [5.41, 5.74) is 1.81. The van der Waals surface area contributed by atoms with Gasteiger partial charge in [-0.25, -0.2) is 4.68 Å². The molecule has 0 aliphatic carbocycles. The molecule has 1 aliphatic rings. The Morgan fingerprint density at radius 1 is 0.833 bits per heavy atom. The molecule has 4 aromatic rings. The number of hydrogen-bond acceptors (Lipinski definition) is 5. The largest absolute Gasteiger partial charge is 0.338 e. The maximum Gasteiger partial charge on any atom is 0.267 e. The lowest BCUT2D eigenvalue weighted by Crippen LogP contribution is -2.57. The molecule has 0 spiro atoms. The zero-order chi connectivity index (χ0) is 25.1. The third-order valence-corrected chi connectivity index (χ3v) is 7.72. The van der Waals surface area contributed by atoms with Gasteiger partial charge in [0, 0.05) is 32.2 Å². The molecule has 3 heterocycles. The number of piperazine rings is 1. The maximum atomic E-state index is 13.7. The van der Waals surface area contributed by atoms with Crippen molar-refractivity contribution in [2.45, 2.75) is 25.4 Å². The van der Waals surface area contributed by atoms with Gasteiger partial charge >= 0.3 is 0 Å². The number of amides is 1. The van der Waals surface area contributed by atoms with Gasteiger partial charge in [0.05, 0.1) is 10.9 Å². The van der Waals surface area contributed by atoms with Crippen LogP contribution in [0.2, 0.25) is 0 Å². The van der Waals surface area contributed by atoms with Crippen LogP contribution in [0.4, 0.5) is 0 Å². The SMILES string of the molecule is CC(C)(C(=O)N1CCN(C(c2ccccc2)c2ccccc2)CC1)n1nc(-c2cccs2)ccc1=O. The van der Waals surface area contributed by atoms with Crippen molar-refractivity contribution in [3.05, 3.63) is 112 Å². The quantitative estimate of drug-likeness (QED) is 0.389. The summed E-state index contributed by atoms with van der Waals surface area (Å²) in [5, 5.41) is 6.55. The van der Waals surface area contributed by atoms with Gasteiger partial charge in [0.25, 0.3) is 5.56 Å². The highest BCUT2D eigenvalue weighted by Crippen LogP contribution is 2.30. The van der Waals surface area contributed by atoms with E-state index < -0.39 is 5.54 Å². The molecule has 1 fully saturated rings. The molecule has 0 bridgehead atoms. The molecule has 5 rings (SSSR count). The summed E-state index contributed by atoms with van der Waals surface area (Å²) in [4.78, 5) is 31.7. The van der Waals surface area contributed by atoms with Crippen LogP contribution in [0.25, 0.3) is 10.6 Å². The number of thiophene rings is 1. The Balaban J connectivity index is 1.35. The van der Waals surface area contributed by atoms with Gasteiger partial charge in [-0.05, 0) is 42.5 Å². The Kier molecular flexibility index (Phi) is 6.85. The predicted molar refractivity (Wildman–Crippen MR) is 144 cm³/mol.